The van der Waals surface area contributed by atoms with Gasteiger partial charge >= 0.3 is 222 Å². The third-order valence-corrected chi connectivity index (χ3v) is 14.6. The van der Waals surface area contributed by atoms with Crippen molar-refractivity contribution in [3.05, 3.63) is 60.4 Å². The van der Waals surface area contributed by atoms with Gasteiger partial charge in [-0.15, -0.1) is 0 Å². The van der Waals surface area contributed by atoms with Gasteiger partial charge < -0.3 is 9.47 Å². The van der Waals surface area contributed by atoms with Crippen LogP contribution < -0.4 is 19.3 Å². The molecule has 3 saturated heterocycles. The SMILES string of the molecule is CN1C(=O)[C@]2(CCCC[Se](=O)c3ccccc3)C[C@H]3C(C)(C)[C@@]4(C[C@@]31CN2C#N)C(=O)Nc1c4ccc2c1OC=CC(C)(C)O2. The van der Waals surface area contributed by atoms with Crippen molar-refractivity contribution in [2.45, 2.75) is 87.2 Å². The first-order valence-corrected chi connectivity index (χ1v) is 18.5. The van der Waals surface area contributed by atoms with Gasteiger partial charge in [0.1, 0.15) is 5.60 Å². The summed E-state index contributed by atoms with van der Waals surface area (Å²) < 4.78 is 26.1. The molecule has 6 aliphatic rings. The van der Waals surface area contributed by atoms with Crippen LogP contribution in [0.4, 0.5) is 5.69 Å². The van der Waals surface area contributed by atoms with E-state index in [9.17, 15) is 18.7 Å². The summed E-state index contributed by atoms with van der Waals surface area (Å²) in [4.78, 5) is 32.3. The van der Waals surface area contributed by atoms with Gasteiger partial charge in [-0.2, -0.15) is 0 Å². The van der Waals surface area contributed by atoms with Crippen molar-refractivity contribution in [2.75, 3.05) is 18.9 Å². The molecule has 1 saturated carbocycles. The van der Waals surface area contributed by atoms with E-state index in [-0.39, 0.29) is 17.7 Å². The standard InChI is InChI=1S/C35H40N4O5Se/c1-31(2)16-17-43-28-25(44-31)14-13-24-27(28)37-29(40)35(24)20-34-21-39(22-36)33(30(41)38(34)5,19-26(34)32(35,3)4)15-9-10-18-45(42)23-11-7-6-8-12-23/h6-8,11-14,16-17,26H,9-10,15,18-21H2,1-5H3,(H,37,40)/t26-,33-,34+,35+,45?/m0/s1. The summed E-state index contributed by atoms with van der Waals surface area (Å²) in [5, 5.41) is 14.2. The molecule has 1 aliphatic carbocycles. The first kappa shape index (κ1) is 30.0. The number of likely N-dealkylation sites (N-methyl/N-ethyl adjacent to an activating group) is 1. The fourth-order valence-corrected chi connectivity index (χ4v) is 11.7. The summed E-state index contributed by atoms with van der Waals surface area (Å²) in [5.41, 5.74) is -2.28. The van der Waals surface area contributed by atoms with Crippen LogP contribution in [0.3, 0.4) is 0 Å². The number of piperazine rings is 1. The van der Waals surface area contributed by atoms with E-state index in [1.807, 2.05) is 74.3 Å². The predicted octanol–water partition coefficient (Wildman–Crippen LogP) is 4.62. The van der Waals surface area contributed by atoms with Crippen LogP contribution in [-0.4, -0.2) is 65.7 Å². The topological polar surface area (TPSA) is 112 Å². The van der Waals surface area contributed by atoms with E-state index in [1.54, 1.807) is 11.2 Å². The summed E-state index contributed by atoms with van der Waals surface area (Å²) in [7, 11) is 1.86. The van der Waals surface area contributed by atoms with Gasteiger partial charge in [-0.1, -0.05) is 0 Å². The molecule has 4 fully saturated rings. The quantitative estimate of drug-likeness (QED) is 0.270. The first-order valence-electron chi connectivity index (χ1n) is 15.7. The zero-order valence-electron chi connectivity index (χ0n) is 26.5. The van der Waals surface area contributed by atoms with Crippen LogP contribution in [0.1, 0.15) is 65.4 Å². The Hall–Kier alpha value is -3.67. The van der Waals surface area contributed by atoms with Crippen LogP contribution in [0.5, 0.6) is 11.5 Å². The molecule has 1 N–H and O–H groups in total. The second-order valence-electron chi connectivity index (χ2n) is 14.5. The molecule has 10 heteroatoms. The average molecular weight is 676 g/mol. The summed E-state index contributed by atoms with van der Waals surface area (Å²) in [6.07, 6.45) is 8.67. The molecular formula is C35H40N4O5Se. The van der Waals surface area contributed by atoms with Crippen LogP contribution in [0.25, 0.3) is 0 Å². The average Bonchev–Trinajstić information content (AvgIpc) is 3.33. The fraction of sp³-hybridized carbons (Fsp3) is 0.514. The number of unbranched alkanes of at least 4 members (excludes halogenated alkanes) is 1. The number of rotatable bonds is 6. The Morgan fingerprint density at radius 2 is 1.84 bits per heavy atom. The second-order valence-corrected chi connectivity index (χ2v) is 17.8. The van der Waals surface area contributed by atoms with E-state index in [0.717, 1.165) is 16.4 Å². The van der Waals surface area contributed by atoms with Crippen molar-refractivity contribution in [2.24, 2.45) is 11.3 Å². The molecule has 1 unspecified atom stereocenters. The summed E-state index contributed by atoms with van der Waals surface area (Å²) in [6.45, 7) is 8.59. The van der Waals surface area contributed by atoms with Crippen molar-refractivity contribution >= 4 is 35.8 Å². The minimum Gasteiger partial charge on any atom is -0.480 e. The van der Waals surface area contributed by atoms with E-state index >= 15 is 0 Å². The molecule has 5 heterocycles. The van der Waals surface area contributed by atoms with Crippen LogP contribution in [0.2, 0.25) is 5.32 Å². The van der Waals surface area contributed by atoms with Crippen LogP contribution in [0.15, 0.2) is 54.8 Å². The van der Waals surface area contributed by atoms with Crippen LogP contribution in [-0.2, 0) is 18.8 Å². The number of fused-ring (bicyclic) bond motifs is 6. The van der Waals surface area contributed by atoms with Crippen LogP contribution in [0, 0.1) is 22.8 Å². The number of amides is 2. The minimum absolute atomic E-state index is 0.0335. The van der Waals surface area contributed by atoms with Gasteiger partial charge in [0.05, 0.1) is 6.26 Å². The Labute approximate surface area is 268 Å². The zero-order chi connectivity index (χ0) is 32.0. The number of nitriles is 1. The zero-order valence-corrected chi connectivity index (χ0v) is 28.2. The van der Waals surface area contributed by atoms with Crippen molar-refractivity contribution in [3.63, 3.8) is 0 Å². The Morgan fingerprint density at radius 1 is 1.09 bits per heavy atom. The van der Waals surface area contributed by atoms with E-state index in [1.165, 1.54) is 0 Å². The molecule has 236 valence electrons. The predicted molar refractivity (Wildman–Crippen MR) is 169 cm³/mol. The number of hydrogen-bond acceptors (Lipinski definition) is 7. The van der Waals surface area contributed by atoms with Gasteiger partial charge in [0.15, 0.2) is 5.75 Å². The van der Waals surface area contributed by atoms with Gasteiger partial charge in [0.2, 0.25) is 0 Å². The summed E-state index contributed by atoms with van der Waals surface area (Å²) in [5.74, 6) is 0.854. The van der Waals surface area contributed by atoms with Gasteiger partial charge in [0, 0.05) is 0 Å². The second kappa shape index (κ2) is 9.91. The molecule has 2 aromatic carbocycles. The molecule has 2 amide bonds. The van der Waals surface area contributed by atoms with Gasteiger partial charge in [-0.25, -0.2) is 0 Å². The molecule has 2 spiro atoms. The number of carbonyl (C=O) groups is 2. The van der Waals surface area contributed by atoms with Crippen molar-refractivity contribution < 1.29 is 22.9 Å². The molecule has 45 heavy (non-hydrogen) atoms. The maximum absolute atomic E-state index is 14.4. The molecule has 0 aromatic heterocycles. The summed E-state index contributed by atoms with van der Waals surface area (Å²) >= 11 is -2.17. The fourth-order valence-electron chi connectivity index (χ4n) is 9.24. The van der Waals surface area contributed by atoms with E-state index in [2.05, 4.69) is 25.4 Å². The number of anilines is 1. The number of nitrogens with zero attached hydrogens (tertiary/aromatic N) is 3. The number of nitrogens with one attached hydrogen (secondary N) is 1. The number of carbonyl (C=O) groups excluding carboxylic acids is 2. The summed E-state index contributed by atoms with van der Waals surface area (Å²) in [6, 6.07) is 13.4. The van der Waals surface area contributed by atoms with Crippen molar-refractivity contribution in [1.82, 2.24) is 9.80 Å². The van der Waals surface area contributed by atoms with Gasteiger partial charge in [-0.3, -0.25) is 0 Å². The van der Waals surface area contributed by atoms with E-state index < -0.39 is 41.3 Å². The molecule has 2 bridgehead atoms. The Balaban J connectivity index is 1.22. The molecule has 5 aliphatic heterocycles. The third kappa shape index (κ3) is 3.96. The maximum atomic E-state index is 14.4. The number of ether oxygens (including phenoxy) is 2. The Morgan fingerprint density at radius 3 is 2.58 bits per heavy atom. The third-order valence-electron chi connectivity index (χ3n) is 11.6. The Bertz CT molecular complexity index is 1700. The molecule has 2 aromatic rings. The minimum atomic E-state index is -2.17. The molecule has 9 nitrogen and oxygen atoms in total. The van der Waals surface area contributed by atoms with Crippen LogP contribution >= 0.6 is 0 Å². The number of hydrogen-bond donors (Lipinski definition) is 1. The number of benzene rings is 2. The number of piperidine rings is 2. The van der Waals surface area contributed by atoms with E-state index in [0.29, 0.717) is 54.7 Å². The smallest absolute Gasteiger partial charge is 0.480 e. The first-order chi connectivity index (χ1) is 21.3. The van der Waals surface area contributed by atoms with Crippen molar-refractivity contribution in [1.29, 1.82) is 5.26 Å². The molecular weight excluding hydrogens is 635 g/mol. The Kier molecular flexibility index (Phi) is 6.61. The monoisotopic (exact) mass is 676 g/mol. The van der Waals surface area contributed by atoms with E-state index in [4.69, 9.17) is 9.47 Å². The molecule has 0 radical (unpaired) electrons. The normalized spacial score (nSPS) is 32.1. The van der Waals surface area contributed by atoms with Gasteiger partial charge in [-0.05, 0) is 19.9 Å². The van der Waals surface area contributed by atoms with Gasteiger partial charge in [0.25, 0.3) is 0 Å². The molecule has 5 atom stereocenters. The molecule has 8 rings (SSSR count). The van der Waals surface area contributed by atoms with Crippen molar-refractivity contribution in [3.8, 4) is 17.7 Å².